The summed E-state index contributed by atoms with van der Waals surface area (Å²) in [5.74, 6) is -0.698. The van der Waals surface area contributed by atoms with E-state index < -0.39 is 11.9 Å². The Morgan fingerprint density at radius 1 is 1.32 bits per heavy atom. The summed E-state index contributed by atoms with van der Waals surface area (Å²) in [6.07, 6.45) is 2.16. The molecule has 0 unspecified atom stereocenters. The molecule has 1 aliphatic carbocycles. The number of carboxylic acids is 1. The summed E-state index contributed by atoms with van der Waals surface area (Å²) in [6.45, 7) is 6.71. The first-order valence-electron chi connectivity index (χ1n) is 7.97. The average molecular weight is 305 g/mol. The lowest BCUT2D eigenvalue weighted by Gasteiger charge is -2.19. The van der Waals surface area contributed by atoms with Crippen molar-refractivity contribution in [3.8, 4) is 0 Å². The second-order valence-corrected chi connectivity index (χ2v) is 6.95. The van der Waals surface area contributed by atoms with Crippen molar-refractivity contribution in [2.45, 2.75) is 39.5 Å². The number of aliphatic carboxylic acids is 1. The molecule has 3 rings (SSSR count). The van der Waals surface area contributed by atoms with Crippen molar-refractivity contribution in [3.05, 3.63) is 17.0 Å². The van der Waals surface area contributed by atoms with Gasteiger partial charge in [-0.25, -0.2) is 0 Å². The van der Waals surface area contributed by atoms with E-state index in [4.69, 9.17) is 0 Å². The molecule has 6 heteroatoms. The Morgan fingerprint density at radius 2 is 2.00 bits per heavy atom. The number of hydrogen-bond donors (Lipinski definition) is 2. The van der Waals surface area contributed by atoms with Gasteiger partial charge in [0.05, 0.1) is 17.2 Å². The molecule has 1 aliphatic heterocycles. The normalized spacial score (nSPS) is 25.0. The van der Waals surface area contributed by atoms with Crippen molar-refractivity contribution in [3.63, 3.8) is 0 Å². The molecule has 2 fully saturated rings. The second-order valence-electron chi connectivity index (χ2n) is 6.95. The van der Waals surface area contributed by atoms with Crippen molar-refractivity contribution < 1.29 is 14.7 Å². The number of rotatable bonds is 4. The van der Waals surface area contributed by atoms with Gasteiger partial charge in [0.1, 0.15) is 0 Å². The number of nitrogens with zero attached hydrogens (tertiary/aromatic N) is 2. The Hall–Kier alpha value is -1.85. The SMILES string of the molecule is Cc1[nH]nc(C2CC2)c1C(=O)N1C[C@@H](C(=O)O)[C@H](C(C)C)C1. The number of likely N-dealkylation sites (tertiary alicyclic amines) is 1. The van der Waals surface area contributed by atoms with Crippen LogP contribution in [0.15, 0.2) is 0 Å². The number of H-pyrrole nitrogens is 1. The second kappa shape index (κ2) is 5.41. The van der Waals surface area contributed by atoms with Crippen LogP contribution in [0.25, 0.3) is 0 Å². The van der Waals surface area contributed by atoms with Crippen LogP contribution >= 0.6 is 0 Å². The molecule has 0 bridgehead atoms. The van der Waals surface area contributed by atoms with Crippen LogP contribution in [0, 0.1) is 24.7 Å². The van der Waals surface area contributed by atoms with Crippen LogP contribution in [0.3, 0.4) is 0 Å². The Labute approximate surface area is 129 Å². The maximum atomic E-state index is 12.9. The number of nitrogens with one attached hydrogen (secondary N) is 1. The number of amides is 1. The summed E-state index contributed by atoms with van der Waals surface area (Å²) in [6, 6.07) is 0. The Bertz CT molecular complexity index is 604. The van der Waals surface area contributed by atoms with Crippen molar-refractivity contribution in [1.29, 1.82) is 0 Å². The standard InChI is InChI=1S/C16H23N3O3/c1-8(2)11-6-19(7-12(11)16(21)22)15(20)13-9(3)17-18-14(13)10-4-5-10/h8,10-12H,4-7H2,1-3H3,(H,17,18)(H,21,22)/t11-,12+/m0/s1. The van der Waals surface area contributed by atoms with Crippen molar-refractivity contribution in [2.24, 2.45) is 17.8 Å². The van der Waals surface area contributed by atoms with Gasteiger partial charge in [-0.05, 0) is 31.6 Å². The summed E-state index contributed by atoms with van der Waals surface area (Å²) in [5, 5.41) is 16.6. The Morgan fingerprint density at radius 3 is 2.50 bits per heavy atom. The maximum absolute atomic E-state index is 12.9. The minimum Gasteiger partial charge on any atom is -0.481 e. The van der Waals surface area contributed by atoms with Crippen LogP contribution in [-0.4, -0.2) is 45.2 Å². The van der Waals surface area contributed by atoms with Crippen LogP contribution in [0.5, 0.6) is 0 Å². The quantitative estimate of drug-likeness (QED) is 0.891. The highest BCUT2D eigenvalue weighted by Crippen LogP contribution is 2.42. The molecule has 1 aromatic rings. The molecule has 6 nitrogen and oxygen atoms in total. The predicted octanol–water partition coefficient (Wildman–Crippen LogP) is 2.02. The predicted molar refractivity (Wildman–Crippen MR) is 80.7 cm³/mol. The molecule has 0 radical (unpaired) electrons. The van der Waals surface area contributed by atoms with Crippen LogP contribution in [0.1, 0.15) is 54.4 Å². The highest BCUT2D eigenvalue weighted by molar-refractivity contribution is 5.97. The van der Waals surface area contributed by atoms with Gasteiger partial charge in [0.25, 0.3) is 5.91 Å². The van der Waals surface area contributed by atoms with E-state index in [0.717, 1.165) is 24.2 Å². The van der Waals surface area contributed by atoms with Gasteiger partial charge in [-0.3, -0.25) is 14.7 Å². The van der Waals surface area contributed by atoms with E-state index in [9.17, 15) is 14.7 Å². The maximum Gasteiger partial charge on any atom is 0.308 e. The average Bonchev–Trinajstić information content (AvgIpc) is 3.06. The van der Waals surface area contributed by atoms with Crippen LogP contribution < -0.4 is 0 Å². The zero-order valence-electron chi connectivity index (χ0n) is 13.3. The zero-order chi connectivity index (χ0) is 16.0. The smallest absolute Gasteiger partial charge is 0.308 e. The number of aryl methyl sites for hydroxylation is 1. The van der Waals surface area contributed by atoms with Crippen molar-refractivity contribution >= 4 is 11.9 Å². The number of aromatic amines is 1. The third-order valence-corrected chi connectivity index (χ3v) is 4.98. The Balaban J connectivity index is 1.84. The summed E-state index contributed by atoms with van der Waals surface area (Å²) in [5.41, 5.74) is 2.31. The number of carbonyl (C=O) groups excluding carboxylic acids is 1. The van der Waals surface area contributed by atoms with Crippen LogP contribution in [-0.2, 0) is 4.79 Å². The first kappa shape index (κ1) is 15.1. The zero-order valence-corrected chi connectivity index (χ0v) is 13.3. The van der Waals surface area contributed by atoms with Gasteiger partial charge in [-0.1, -0.05) is 13.8 Å². The molecular weight excluding hydrogens is 282 g/mol. The number of carbonyl (C=O) groups is 2. The van der Waals surface area contributed by atoms with E-state index in [1.807, 2.05) is 20.8 Å². The molecule has 120 valence electrons. The minimum atomic E-state index is -0.805. The third kappa shape index (κ3) is 2.51. The van der Waals surface area contributed by atoms with E-state index in [-0.39, 0.29) is 17.7 Å². The molecule has 1 amide bonds. The number of hydrogen-bond acceptors (Lipinski definition) is 3. The number of aromatic nitrogens is 2. The lowest BCUT2D eigenvalue weighted by atomic mass is 9.86. The van der Waals surface area contributed by atoms with E-state index in [2.05, 4.69) is 10.2 Å². The fourth-order valence-corrected chi connectivity index (χ4v) is 3.46. The van der Waals surface area contributed by atoms with Crippen molar-refractivity contribution in [1.82, 2.24) is 15.1 Å². The van der Waals surface area contributed by atoms with Crippen LogP contribution in [0.4, 0.5) is 0 Å². The third-order valence-electron chi connectivity index (χ3n) is 4.98. The summed E-state index contributed by atoms with van der Waals surface area (Å²) in [4.78, 5) is 26.1. The topological polar surface area (TPSA) is 86.3 Å². The van der Waals surface area contributed by atoms with E-state index >= 15 is 0 Å². The minimum absolute atomic E-state index is 0.0121. The van der Waals surface area contributed by atoms with Gasteiger partial charge in [0.2, 0.25) is 0 Å². The fraction of sp³-hybridized carbons (Fsp3) is 0.688. The van der Waals surface area contributed by atoms with E-state index in [1.165, 1.54) is 0 Å². The summed E-state index contributed by atoms with van der Waals surface area (Å²) < 4.78 is 0. The molecule has 22 heavy (non-hydrogen) atoms. The van der Waals surface area contributed by atoms with E-state index in [1.54, 1.807) is 4.90 Å². The summed E-state index contributed by atoms with van der Waals surface area (Å²) in [7, 11) is 0. The lowest BCUT2D eigenvalue weighted by Crippen LogP contribution is -2.30. The molecule has 2 N–H and O–H groups in total. The first-order valence-corrected chi connectivity index (χ1v) is 7.97. The molecule has 0 aromatic carbocycles. The lowest BCUT2D eigenvalue weighted by molar-refractivity contribution is -0.142. The largest absolute Gasteiger partial charge is 0.481 e. The fourth-order valence-electron chi connectivity index (χ4n) is 3.46. The van der Waals surface area contributed by atoms with Gasteiger partial charge in [-0.15, -0.1) is 0 Å². The highest BCUT2D eigenvalue weighted by Gasteiger charge is 2.43. The van der Waals surface area contributed by atoms with E-state index in [0.29, 0.717) is 24.6 Å². The van der Waals surface area contributed by atoms with Crippen LogP contribution in [0.2, 0.25) is 0 Å². The molecule has 1 aromatic heterocycles. The van der Waals surface area contributed by atoms with Gasteiger partial charge in [0.15, 0.2) is 0 Å². The number of carboxylic acid groups (broad SMARTS) is 1. The molecular formula is C16H23N3O3. The molecule has 2 atom stereocenters. The van der Waals surface area contributed by atoms with Gasteiger partial charge in [-0.2, -0.15) is 5.10 Å². The molecule has 2 aliphatic rings. The molecule has 2 heterocycles. The highest BCUT2D eigenvalue weighted by atomic mass is 16.4. The molecule has 1 saturated carbocycles. The summed E-state index contributed by atoms with van der Waals surface area (Å²) >= 11 is 0. The monoisotopic (exact) mass is 305 g/mol. The van der Waals surface area contributed by atoms with Crippen molar-refractivity contribution in [2.75, 3.05) is 13.1 Å². The first-order chi connectivity index (χ1) is 10.4. The van der Waals surface area contributed by atoms with Gasteiger partial charge >= 0.3 is 5.97 Å². The molecule has 0 spiro atoms. The van der Waals surface area contributed by atoms with Gasteiger partial charge < -0.3 is 10.0 Å². The Kier molecular flexibility index (Phi) is 3.70. The molecule has 1 saturated heterocycles. The van der Waals surface area contributed by atoms with Gasteiger partial charge in [0, 0.05) is 24.7 Å².